The van der Waals surface area contributed by atoms with Crippen molar-refractivity contribution >= 4 is 11.7 Å². The highest BCUT2D eigenvalue weighted by Gasteiger charge is 2.66. The van der Waals surface area contributed by atoms with Crippen LogP contribution < -0.4 is 5.32 Å². The molecular formula is C22H20N2O2. The van der Waals surface area contributed by atoms with Crippen molar-refractivity contribution in [3.63, 3.8) is 0 Å². The number of fused-ring (bicyclic) bond motifs is 2. The molecule has 0 radical (unpaired) electrons. The number of Topliss-reactive ketones (excluding diaryl/α,β-unsaturated/α-hetero) is 1. The first-order valence-electron chi connectivity index (χ1n) is 8.98. The van der Waals surface area contributed by atoms with E-state index in [0.717, 1.165) is 11.1 Å². The zero-order chi connectivity index (χ0) is 18.1. The third kappa shape index (κ3) is 2.43. The molecule has 2 bridgehead atoms. The maximum absolute atomic E-state index is 13.2. The van der Waals surface area contributed by atoms with Gasteiger partial charge in [0.25, 0.3) is 0 Å². The molecule has 26 heavy (non-hydrogen) atoms. The van der Waals surface area contributed by atoms with E-state index in [0.29, 0.717) is 19.4 Å². The van der Waals surface area contributed by atoms with Gasteiger partial charge in [0.2, 0.25) is 5.91 Å². The molecule has 4 rings (SSSR count). The van der Waals surface area contributed by atoms with Gasteiger partial charge in [-0.1, -0.05) is 60.7 Å². The van der Waals surface area contributed by atoms with Crippen LogP contribution in [0.5, 0.6) is 0 Å². The fourth-order valence-corrected chi connectivity index (χ4v) is 4.77. The molecule has 2 fully saturated rings. The summed E-state index contributed by atoms with van der Waals surface area (Å²) in [5.41, 5.74) is 0.725. The van der Waals surface area contributed by atoms with Crippen LogP contribution in [0.25, 0.3) is 0 Å². The summed E-state index contributed by atoms with van der Waals surface area (Å²) in [4.78, 5) is 25.6. The molecule has 2 aromatic carbocycles. The number of rotatable bonds is 4. The molecule has 2 aliphatic carbocycles. The third-order valence-corrected chi connectivity index (χ3v) is 5.95. The molecule has 1 N–H and O–H groups in total. The Hall–Kier alpha value is -2.93. The van der Waals surface area contributed by atoms with E-state index < -0.39 is 5.41 Å². The van der Waals surface area contributed by atoms with Crippen LogP contribution in [-0.4, -0.2) is 11.7 Å². The van der Waals surface area contributed by atoms with Crippen LogP contribution in [0, 0.1) is 28.6 Å². The lowest BCUT2D eigenvalue weighted by Gasteiger charge is -2.37. The quantitative estimate of drug-likeness (QED) is 0.926. The maximum Gasteiger partial charge on any atom is 0.241 e. The SMILES string of the molecule is N#C[C@]1(C(=O)NCc2ccccc2)C2CC(=O)C(C2)[C@@H]1c1ccccc1. The van der Waals surface area contributed by atoms with Gasteiger partial charge in [-0.15, -0.1) is 0 Å². The zero-order valence-electron chi connectivity index (χ0n) is 14.4. The van der Waals surface area contributed by atoms with E-state index in [-0.39, 0.29) is 29.4 Å². The fourth-order valence-electron chi connectivity index (χ4n) is 4.77. The van der Waals surface area contributed by atoms with E-state index in [1.165, 1.54) is 0 Å². The minimum Gasteiger partial charge on any atom is -0.351 e. The van der Waals surface area contributed by atoms with Crippen molar-refractivity contribution in [1.82, 2.24) is 5.32 Å². The summed E-state index contributed by atoms with van der Waals surface area (Å²) in [6, 6.07) is 21.6. The van der Waals surface area contributed by atoms with E-state index in [1.54, 1.807) is 0 Å². The lowest BCUT2D eigenvalue weighted by Crippen LogP contribution is -2.49. The first-order chi connectivity index (χ1) is 12.7. The average Bonchev–Trinajstić information content (AvgIpc) is 3.22. The molecule has 4 nitrogen and oxygen atoms in total. The predicted octanol–water partition coefficient (Wildman–Crippen LogP) is 3.21. The molecule has 4 heteroatoms. The molecule has 0 spiro atoms. The molecule has 0 heterocycles. The van der Waals surface area contributed by atoms with Crippen molar-refractivity contribution in [2.45, 2.75) is 25.3 Å². The van der Waals surface area contributed by atoms with Crippen LogP contribution in [0.2, 0.25) is 0 Å². The highest BCUT2D eigenvalue weighted by molar-refractivity contribution is 5.95. The lowest BCUT2D eigenvalue weighted by molar-refractivity contribution is -0.134. The van der Waals surface area contributed by atoms with Gasteiger partial charge in [-0.05, 0) is 23.5 Å². The lowest BCUT2D eigenvalue weighted by atomic mass is 9.63. The van der Waals surface area contributed by atoms with E-state index in [2.05, 4.69) is 11.4 Å². The summed E-state index contributed by atoms with van der Waals surface area (Å²) >= 11 is 0. The number of carbonyl (C=O) groups is 2. The normalized spacial score (nSPS) is 29.3. The van der Waals surface area contributed by atoms with E-state index in [9.17, 15) is 14.9 Å². The van der Waals surface area contributed by atoms with Crippen LogP contribution in [0.1, 0.15) is 29.9 Å². The van der Waals surface area contributed by atoms with Gasteiger partial charge in [0.05, 0.1) is 6.07 Å². The molecule has 4 atom stereocenters. The summed E-state index contributed by atoms with van der Waals surface area (Å²) < 4.78 is 0. The summed E-state index contributed by atoms with van der Waals surface area (Å²) in [5, 5.41) is 13.1. The largest absolute Gasteiger partial charge is 0.351 e. The minimum absolute atomic E-state index is 0.186. The Bertz CT molecular complexity index is 872. The van der Waals surface area contributed by atoms with Gasteiger partial charge in [-0.25, -0.2) is 0 Å². The number of nitrogens with zero attached hydrogens (tertiary/aromatic N) is 1. The second-order valence-electron chi connectivity index (χ2n) is 7.25. The van der Waals surface area contributed by atoms with Gasteiger partial charge in [-0.3, -0.25) is 9.59 Å². The Morgan fingerprint density at radius 3 is 2.42 bits per heavy atom. The Morgan fingerprint density at radius 1 is 1.12 bits per heavy atom. The second kappa shape index (κ2) is 6.42. The highest BCUT2D eigenvalue weighted by atomic mass is 16.2. The number of amides is 1. The monoisotopic (exact) mass is 344 g/mol. The maximum atomic E-state index is 13.2. The van der Waals surface area contributed by atoms with Crippen molar-refractivity contribution in [3.05, 3.63) is 71.8 Å². The zero-order valence-corrected chi connectivity index (χ0v) is 14.4. The Morgan fingerprint density at radius 2 is 1.77 bits per heavy atom. The molecule has 0 aliphatic heterocycles. The topological polar surface area (TPSA) is 70.0 Å². The van der Waals surface area contributed by atoms with Gasteiger partial charge >= 0.3 is 0 Å². The van der Waals surface area contributed by atoms with Crippen molar-refractivity contribution in [1.29, 1.82) is 5.26 Å². The van der Waals surface area contributed by atoms with Gasteiger partial charge in [0.15, 0.2) is 0 Å². The molecule has 0 saturated heterocycles. The highest BCUT2D eigenvalue weighted by Crippen LogP contribution is 2.62. The van der Waals surface area contributed by atoms with Crippen molar-refractivity contribution < 1.29 is 9.59 Å². The number of carbonyl (C=O) groups excluding carboxylic acids is 2. The van der Waals surface area contributed by atoms with Crippen LogP contribution in [0.3, 0.4) is 0 Å². The molecule has 130 valence electrons. The minimum atomic E-state index is -1.17. The molecule has 1 amide bonds. The van der Waals surface area contributed by atoms with E-state index in [4.69, 9.17) is 0 Å². The van der Waals surface area contributed by atoms with Gasteiger partial charge in [0, 0.05) is 24.8 Å². The Balaban J connectivity index is 1.67. The molecular weight excluding hydrogens is 324 g/mol. The standard InChI is InChI=1S/C22H20N2O2/c23-14-22(21(26)24-13-15-7-3-1-4-8-15)17-11-18(19(25)12-17)20(22)16-9-5-2-6-10-16/h1-10,17-18,20H,11-13H2,(H,24,26)/t17?,18?,20-,22-/m0/s1. The Labute approximate surface area is 152 Å². The van der Waals surface area contributed by atoms with Crippen LogP contribution in [0.4, 0.5) is 0 Å². The number of nitriles is 1. The first kappa shape index (κ1) is 16.5. The first-order valence-corrected chi connectivity index (χ1v) is 8.98. The van der Waals surface area contributed by atoms with E-state index >= 15 is 0 Å². The molecule has 2 unspecified atom stereocenters. The third-order valence-electron chi connectivity index (χ3n) is 5.95. The number of hydrogen-bond donors (Lipinski definition) is 1. The summed E-state index contributed by atoms with van der Waals surface area (Å²) in [7, 11) is 0. The van der Waals surface area contributed by atoms with Crippen LogP contribution in [0.15, 0.2) is 60.7 Å². The summed E-state index contributed by atoms with van der Waals surface area (Å²) in [5.74, 6) is -0.866. The average molecular weight is 344 g/mol. The molecule has 2 aliphatic rings. The molecule has 0 aromatic heterocycles. The van der Waals surface area contributed by atoms with E-state index in [1.807, 2.05) is 60.7 Å². The number of hydrogen-bond acceptors (Lipinski definition) is 3. The van der Waals surface area contributed by atoms with Crippen molar-refractivity contribution in [2.24, 2.45) is 17.3 Å². The molecule has 2 aromatic rings. The summed E-state index contributed by atoms with van der Waals surface area (Å²) in [6.07, 6.45) is 0.963. The number of ketones is 1. The van der Waals surface area contributed by atoms with Crippen molar-refractivity contribution in [2.75, 3.05) is 0 Å². The molecule has 2 saturated carbocycles. The Kier molecular flexibility index (Phi) is 4.08. The van der Waals surface area contributed by atoms with Crippen molar-refractivity contribution in [3.8, 4) is 6.07 Å². The second-order valence-corrected chi connectivity index (χ2v) is 7.25. The summed E-state index contributed by atoms with van der Waals surface area (Å²) in [6.45, 7) is 0.385. The fraction of sp³-hybridized carbons (Fsp3) is 0.318. The number of nitrogens with one attached hydrogen (secondary N) is 1. The predicted molar refractivity (Wildman–Crippen MR) is 96.7 cm³/mol. The van der Waals surface area contributed by atoms with Gasteiger partial charge in [0.1, 0.15) is 11.2 Å². The van der Waals surface area contributed by atoms with Crippen LogP contribution in [-0.2, 0) is 16.1 Å². The van der Waals surface area contributed by atoms with Crippen LogP contribution >= 0.6 is 0 Å². The van der Waals surface area contributed by atoms with Gasteiger partial charge in [-0.2, -0.15) is 5.26 Å². The number of benzene rings is 2. The van der Waals surface area contributed by atoms with Gasteiger partial charge < -0.3 is 5.32 Å². The smallest absolute Gasteiger partial charge is 0.241 e.